The summed E-state index contributed by atoms with van der Waals surface area (Å²) >= 11 is 0. The molecule has 1 N–H and O–H groups in total. The van der Waals surface area contributed by atoms with Gasteiger partial charge in [-0.2, -0.15) is 0 Å². The van der Waals surface area contributed by atoms with Crippen LogP contribution in [0.1, 0.15) is 39.9 Å². The van der Waals surface area contributed by atoms with Gasteiger partial charge in [-0.25, -0.2) is 0 Å². The van der Waals surface area contributed by atoms with Gasteiger partial charge in [0, 0.05) is 31.1 Å². The number of rotatable bonds is 7. The van der Waals surface area contributed by atoms with Crippen LogP contribution in [0.3, 0.4) is 0 Å². The minimum absolute atomic E-state index is 0.0147. The van der Waals surface area contributed by atoms with Gasteiger partial charge >= 0.3 is 0 Å². The van der Waals surface area contributed by atoms with Crippen LogP contribution in [0.15, 0.2) is 78.9 Å². The number of amides is 2. The Kier molecular flexibility index (Phi) is 7.40. The molecule has 33 heavy (non-hydrogen) atoms. The summed E-state index contributed by atoms with van der Waals surface area (Å²) < 4.78 is 5.91. The second-order valence-electron chi connectivity index (χ2n) is 8.58. The average molecular weight is 443 g/mol. The normalized spacial score (nSPS) is 14.0. The molecule has 0 spiro atoms. The molecular formula is C28H30N2O3. The molecule has 2 amide bonds. The fraction of sp³-hybridized carbons (Fsp3) is 0.286. The van der Waals surface area contributed by atoms with Gasteiger partial charge in [0.05, 0.1) is 0 Å². The van der Waals surface area contributed by atoms with Gasteiger partial charge in [0.2, 0.25) is 5.91 Å². The molecule has 0 radical (unpaired) electrons. The molecule has 3 aromatic carbocycles. The topological polar surface area (TPSA) is 58.6 Å². The molecule has 0 atom stereocenters. The number of nitrogens with zero attached hydrogens (tertiary/aromatic N) is 1. The van der Waals surface area contributed by atoms with E-state index in [4.69, 9.17) is 4.74 Å². The summed E-state index contributed by atoms with van der Waals surface area (Å²) in [5, 5.41) is 3.02. The SMILES string of the molecule is Cc1cccc(COc2cccc(C(=O)N3CCC(C(=O)NCc4ccccc4)CC3)c2)c1. The lowest BCUT2D eigenvalue weighted by molar-refractivity contribution is -0.126. The molecule has 1 aliphatic rings. The lowest BCUT2D eigenvalue weighted by atomic mass is 9.95. The first-order valence-corrected chi connectivity index (χ1v) is 11.5. The average Bonchev–Trinajstić information content (AvgIpc) is 2.86. The van der Waals surface area contributed by atoms with Gasteiger partial charge < -0.3 is 15.0 Å². The molecule has 4 rings (SSSR count). The Labute approximate surface area is 195 Å². The van der Waals surface area contributed by atoms with Crippen molar-refractivity contribution in [3.8, 4) is 5.75 Å². The number of benzene rings is 3. The highest BCUT2D eigenvalue weighted by Gasteiger charge is 2.27. The zero-order chi connectivity index (χ0) is 23.0. The Balaban J connectivity index is 1.27. The van der Waals surface area contributed by atoms with E-state index < -0.39 is 0 Å². The van der Waals surface area contributed by atoms with Gasteiger partial charge in [-0.3, -0.25) is 9.59 Å². The molecule has 3 aromatic rings. The molecular weight excluding hydrogens is 412 g/mol. The highest BCUT2D eigenvalue weighted by Crippen LogP contribution is 2.22. The predicted octanol–water partition coefficient (Wildman–Crippen LogP) is 4.74. The summed E-state index contributed by atoms with van der Waals surface area (Å²) in [6.07, 6.45) is 1.35. The number of aryl methyl sites for hydroxylation is 1. The molecule has 1 aliphatic heterocycles. The zero-order valence-corrected chi connectivity index (χ0v) is 19.0. The fourth-order valence-corrected chi connectivity index (χ4v) is 4.14. The van der Waals surface area contributed by atoms with Crippen LogP contribution in [-0.4, -0.2) is 29.8 Å². The third-order valence-electron chi connectivity index (χ3n) is 6.03. The highest BCUT2D eigenvalue weighted by molar-refractivity contribution is 5.94. The Bertz CT molecular complexity index is 1090. The van der Waals surface area contributed by atoms with Crippen LogP contribution in [0.2, 0.25) is 0 Å². The van der Waals surface area contributed by atoms with E-state index >= 15 is 0 Å². The van der Waals surface area contributed by atoms with E-state index in [2.05, 4.69) is 24.4 Å². The van der Waals surface area contributed by atoms with Crippen LogP contribution in [0.5, 0.6) is 5.75 Å². The molecule has 0 bridgehead atoms. The third kappa shape index (κ3) is 6.22. The van der Waals surface area contributed by atoms with E-state index in [0.29, 0.717) is 50.4 Å². The minimum Gasteiger partial charge on any atom is -0.489 e. The lowest BCUT2D eigenvalue weighted by Crippen LogP contribution is -2.42. The van der Waals surface area contributed by atoms with Crippen LogP contribution in [-0.2, 0) is 17.9 Å². The second kappa shape index (κ2) is 10.8. The number of nitrogens with one attached hydrogen (secondary N) is 1. The van der Waals surface area contributed by atoms with E-state index in [0.717, 1.165) is 11.1 Å². The van der Waals surface area contributed by atoms with E-state index in [-0.39, 0.29) is 17.7 Å². The van der Waals surface area contributed by atoms with Crippen molar-refractivity contribution in [1.29, 1.82) is 0 Å². The monoisotopic (exact) mass is 442 g/mol. The maximum Gasteiger partial charge on any atom is 0.253 e. The van der Waals surface area contributed by atoms with Crippen molar-refractivity contribution in [3.63, 3.8) is 0 Å². The molecule has 0 aromatic heterocycles. The minimum atomic E-state index is -0.0539. The van der Waals surface area contributed by atoms with Crippen molar-refractivity contribution in [2.24, 2.45) is 5.92 Å². The largest absolute Gasteiger partial charge is 0.489 e. The van der Waals surface area contributed by atoms with E-state index in [1.807, 2.05) is 65.6 Å². The van der Waals surface area contributed by atoms with Crippen LogP contribution < -0.4 is 10.1 Å². The van der Waals surface area contributed by atoms with Crippen molar-refractivity contribution in [2.75, 3.05) is 13.1 Å². The Morgan fingerprint density at radius 2 is 1.64 bits per heavy atom. The van der Waals surface area contributed by atoms with Crippen molar-refractivity contribution >= 4 is 11.8 Å². The Hall–Kier alpha value is -3.60. The standard InChI is InChI=1S/C28H30N2O3/c1-21-7-5-10-23(17-21)20-33-26-12-6-11-25(18-26)28(32)30-15-13-24(14-16-30)27(31)29-19-22-8-3-2-4-9-22/h2-12,17-18,24H,13-16,19-20H2,1H3,(H,29,31). The summed E-state index contributed by atoms with van der Waals surface area (Å²) in [7, 11) is 0. The zero-order valence-electron chi connectivity index (χ0n) is 19.0. The van der Waals surface area contributed by atoms with Crippen LogP contribution >= 0.6 is 0 Å². The number of hydrogen-bond acceptors (Lipinski definition) is 3. The quantitative estimate of drug-likeness (QED) is 0.575. The van der Waals surface area contributed by atoms with E-state index in [1.165, 1.54) is 5.56 Å². The molecule has 170 valence electrons. The first-order valence-electron chi connectivity index (χ1n) is 11.5. The third-order valence-corrected chi connectivity index (χ3v) is 6.03. The fourth-order valence-electron chi connectivity index (χ4n) is 4.14. The predicted molar refractivity (Wildman–Crippen MR) is 129 cm³/mol. The molecule has 0 saturated carbocycles. The highest BCUT2D eigenvalue weighted by atomic mass is 16.5. The summed E-state index contributed by atoms with van der Waals surface area (Å²) in [6.45, 7) is 4.21. The molecule has 1 fully saturated rings. The van der Waals surface area contributed by atoms with E-state index in [9.17, 15) is 9.59 Å². The first-order chi connectivity index (χ1) is 16.1. The summed E-state index contributed by atoms with van der Waals surface area (Å²) in [4.78, 5) is 27.4. The van der Waals surface area contributed by atoms with Gasteiger partial charge in [0.15, 0.2) is 0 Å². The maximum atomic E-state index is 13.0. The van der Waals surface area contributed by atoms with Gasteiger partial charge in [-0.05, 0) is 49.1 Å². The molecule has 1 saturated heterocycles. The summed E-state index contributed by atoms with van der Waals surface area (Å²) in [5.41, 5.74) is 3.99. The molecule has 5 nitrogen and oxygen atoms in total. The number of hydrogen-bond donors (Lipinski definition) is 1. The number of ether oxygens (including phenoxy) is 1. The molecule has 1 heterocycles. The van der Waals surface area contributed by atoms with Crippen LogP contribution in [0, 0.1) is 12.8 Å². The first kappa shape index (κ1) is 22.6. The molecule has 0 aliphatic carbocycles. The van der Waals surface area contributed by atoms with E-state index in [1.54, 1.807) is 6.07 Å². The van der Waals surface area contributed by atoms with Crippen LogP contribution in [0.25, 0.3) is 0 Å². The summed E-state index contributed by atoms with van der Waals surface area (Å²) in [5.74, 6) is 0.677. The Morgan fingerprint density at radius 1 is 0.909 bits per heavy atom. The number of likely N-dealkylation sites (tertiary alicyclic amines) is 1. The van der Waals surface area contributed by atoms with Crippen molar-refractivity contribution in [2.45, 2.75) is 32.9 Å². The second-order valence-corrected chi connectivity index (χ2v) is 8.58. The van der Waals surface area contributed by atoms with Gasteiger partial charge in [0.25, 0.3) is 5.91 Å². The molecule has 5 heteroatoms. The summed E-state index contributed by atoms with van der Waals surface area (Å²) in [6, 6.07) is 25.4. The lowest BCUT2D eigenvalue weighted by Gasteiger charge is -2.31. The van der Waals surface area contributed by atoms with Crippen LogP contribution in [0.4, 0.5) is 0 Å². The van der Waals surface area contributed by atoms with Gasteiger partial charge in [0.1, 0.15) is 12.4 Å². The number of carbonyl (C=O) groups excluding carboxylic acids is 2. The van der Waals surface area contributed by atoms with Gasteiger partial charge in [-0.15, -0.1) is 0 Å². The van der Waals surface area contributed by atoms with Crippen molar-refractivity contribution < 1.29 is 14.3 Å². The smallest absolute Gasteiger partial charge is 0.253 e. The van der Waals surface area contributed by atoms with Gasteiger partial charge in [-0.1, -0.05) is 66.2 Å². The maximum absolute atomic E-state index is 13.0. The van der Waals surface area contributed by atoms with Crippen molar-refractivity contribution in [1.82, 2.24) is 10.2 Å². The van der Waals surface area contributed by atoms with Crippen molar-refractivity contribution in [3.05, 3.63) is 101 Å². The number of carbonyl (C=O) groups is 2. The molecule has 0 unspecified atom stereocenters. The number of piperidine rings is 1. The Morgan fingerprint density at radius 3 is 2.39 bits per heavy atom.